The first-order chi connectivity index (χ1) is 5.56. The smallest absolute Gasteiger partial charge is 0.384 e. The first kappa shape index (κ1) is 15.8. The standard InChI is InChI=1S/C5H15N2O3PS.H2O/c6-2-1-3-7-4-5-12-11(8,9)10;/h7H,1-6H2,(H2,8,9,10);1H2. The molecule has 0 amide bonds. The molecule has 0 saturated heterocycles. The van der Waals surface area contributed by atoms with Crippen LogP contribution in [0.3, 0.4) is 0 Å². The van der Waals surface area contributed by atoms with E-state index in [1.807, 2.05) is 0 Å². The highest BCUT2D eigenvalue weighted by atomic mass is 32.7. The Labute approximate surface area is 81.5 Å². The Kier molecular flexibility index (Phi) is 10.9. The van der Waals surface area contributed by atoms with Crippen molar-refractivity contribution in [3.63, 3.8) is 0 Å². The number of rotatable bonds is 7. The van der Waals surface area contributed by atoms with Crippen molar-refractivity contribution < 1.29 is 19.8 Å². The van der Waals surface area contributed by atoms with E-state index in [0.717, 1.165) is 13.0 Å². The van der Waals surface area contributed by atoms with Crippen LogP contribution in [0.4, 0.5) is 0 Å². The van der Waals surface area contributed by atoms with Crippen LogP contribution in [0.15, 0.2) is 0 Å². The summed E-state index contributed by atoms with van der Waals surface area (Å²) in [4.78, 5) is 16.9. The normalized spacial score (nSPS) is 11.0. The van der Waals surface area contributed by atoms with Gasteiger partial charge in [-0.1, -0.05) is 0 Å². The van der Waals surface area contributed by atoms with Crippen LogP contribution in [-0.4, -0.2) is 40.7 Å². The van der Waals surface area contributed by atoms with Gasteiger partial charge in [-0.3, -0.25) is 0 Å². The number of hydrogen-bond donors (Lipinski definition) is 4. The van der Waals surface area contributed by atoms with Crippen LogP contribution in [-0.2, 0) is 4.57 Å². The molecule has 0 aromatic heterocycles. The minimum absolute atomic E-state index is 0. The number of nitrogens with one attached hydrogen (secondary N) is 1. The Hall–Kier alpha value is 0.380. The zero-order valence-corrected chi connectivity index (χ0v) is 8.98. The monoisotopic (exact) mass is 232 g/mol. The van der Waals surface area contributed by atoms with E-state index >= 15 is 0 Å². The maximum absolute atomic E-state index is 10.3. The van der Waals surface area contributed by atoms with Gasteiger partial charge in [0.1, 0.15) is 0 Å². The first-order valence-electron chi connectivity index (χ1n) is 3.67. The van der Waals surface area contributed by atoms with Crippen molar-refractivity contribution in [2.45, 2.75) is 6.42 Å². The molecule has 0 rings (SSSR count). The third-order valence-electron chi connectivity index (χ3n) is 1.10. The van der Waals surface area contributed by atoms with Gasteiger partial charge in [-0.15, -0.1) is 0 Å². The summed E-state index contributed by atoms with van der Waals surface area (Å²) in [5.74, 6) is 0.425. The second-order valence-corrected chi connectivity index (χ2v) is 6.07. The molecule has 0 radical (unpaired) electrons. The van der Waals surface area contributed by atoms with Gasteiger partial charge in [0.2, 0.25) is 0 Å². The fraction of sp³-hybridized carbons (Fsp3) is 1.00. The Morgan fingerprint density at radius 1 is 1.38 bits per heavy atom. The van der Waals surface area contributed by atoms with Crippen molar-refractivity contribution in [3.05, 3.63) is 0 Å². The molecule has 0 aliphatic heterocycles. The SMILES string of the molecule is NCCCNCCSP(=O)(O)O.O. The lowest BCUT2D eigenvalue weighted by Crippen LogP contribution is -2.20. The quantitative estimate of drug-likeness (QED) is 0.327. The van der Waals surface area contributed by atoms with E-state index in [9.17, 15) is 4.57 Å². The van der Waals surface area contributed by atoms with Crippen LogP contribution in [0.2, 0.25) is 0 Å². The number of hydrogen-bond acceptors (Lipinski definition) is 4. The van der Waals surface area contributed by atoms with Gasteiger partial charge < -0.3 is 26.3 Å². The molecule has 0 saturated carbocycles. The van der Waals surface area contributed by atoms with E-state index in [1.54, 1.807) is 0 Å². The van der Waals surface area contributed by atoms with Gasteiger partial charge in [0.15, 0.2) is 0 Å². The lowest BCUT2D eigenvalue weighted by atomic mass is 10.4. The molecule has 0 heterocycles. The fourth-order valence-electron chi connectivity index (χ4n) is 0.589. The van der Waals surface area contributed by atoms with E-state index in [4.69, 9.17) is 15.5 Å². The van der Waals surface area contributed by atoms with Gasteiger partial charge in [-0.2, -0.15) is 0 Å². The number of nitrogens with two attached hydrogens (primary N) is 1. The molecular weight excluding hydrogens is 215 g/mol. The van der Waals surface area contributed by atoms with Gasteiger partial charge >= 0.3 is 6.80 Å². The predicted octanol–water partition coefficient (Wildman–Crippen LogP) is -1.07. The first-order valence-corrected chi connectivity index (χ1v) is 6.87. The summed E-state index contributed by atoms with van der Waals surface area (Å²) < 4.78 is 10.3. The molecule has 0 unspecified atom stereocenters. The average Bonchev–Trinajstić information content (AvgIpc) is 1.94. The molecule has 0 atom stereocenters. The van der Waals surface area contributed by atoms with Gasteiger partial charge in [0.05, 0.1) is 0 Å². The van der Waals surface area contributed by atoms with Crippen molar-refractivity contribution in [2.75, 3.05) is 25.4 Å². The van der Waals surface area contributed by atoms with Crippen LogP contribution < -0.4 is 11.1 Å². The summed E-state index contributed by atoms with van der Waals surface area (Å²) in [6.07, 6.45) is 0.889. The highest BCUT2D eigenvalue weighted by Crippen LogP contribution is 2.49. The summed E-state index contributed by atoms with van der Waals surface area (Å²) in [7, 11) is 0. The Morgan fingerprint density at radius 2 is 2.00 bits per heavy atom. The van der Waals surface area contributed by atoms with E-state index in [0.29, 0.717) is 30.2 Å². The molecule has 7 N–H and O–H groups in total. The lowest BCUT2D eigenvalue weighted by molar-refractivity contribution is 0.397. The minimum atomic E-state index is -3.87. The second-order valence-electron chi connectivity index (χ2n) is 2.22. The Bertz CT molecular complexity index is 153. The van der Waals surface area contributed by atoms with Gasteiger partial charge in [-0.05, 0) is 30.9 Å². The van der Waals surface area contributed by atoms with Crippen molar-refractivity contribution in [1.82, 2.24) is 5.32 Å². The Balaban J connectivity index is 0. The molecular formula is C5H17N2O4PS. The molecule has 13 heavy (non-hydrogen) atoms. The summed E-state index contributed by atoms with van der Waals surface area (Å²) in [5, 5.41) is 3.01. The van der Waals surface area contributed by atoms with Crippen LogP contribution in [0, 0.1) is 0 Å². The molecule has 6 nitrogen and oxygen atoms in total. The van der Waals surface area contributed by atoms with Crippen LogP contribution in [0.25, 0.3) is 0 Å². The van der Waals surface area contributed by atoms with Crippen molar-refractivity contribution in [1.29, 1.82) is 0 Å². The maximum atomic E-state index is 10.3. The molecule has 0 bridgehead atoms. The predicted molar refractivity (Wildman–Crippen MR) is 54.7 cm³/mol. The molecule has 0 aliphatic carbocycles. The molecule has 82 valence electrons. The second kappa shape index (κ2) is 8.96. The molecule has 0 aliphatic rings. The van der Waals surface area contributed by atoms with Gasteiger partial charge in [0.25, 0.3) is 0 Å². The third kappa shape index (κ3) is 15.2. The zero-order chi connectivity index (χ0) is 9.45. The van der Waals surface area contributed by atoms with Crippen LogP contribution in [0.5, 0.6) is 0 Å². The molecule has 0 aromatic rings. The summed E-state index contributed by atoms with van der Waals surface area (Å²) in [6, 6.07) is 0. The van der Waals surface area contributed by atoms with Crippen LogP contribution in [0.1, 0.15) is 6.42 Å². The highest BCUT2D eigenvalue weighted by molar-refractivity contribution is 8.54. The van der Waals surface area contributed by atoms with E-state index in [-0.39, 0.29) is 5.48 Å². The Morgan fingerprint density at radius 3 is 2.46 bits per heavy atom. The van der Waals surface area contributed by atoms with Crippen molar-refractivity contribution >= 4 is 18.2 Å². The van der Waals surface area contributed by atoms with E-state index < -0.39 is 6.80 Å². The zero-order valence-electron chi connectivity index (χ0n) is 7.27. The third-order valence-corrected chi connectivity index (χ3v) is 3.38. The minimum Gasteiger partial charge on any atom is -0.412 e. The topological polar surface area (TPSA) is 127 Å². The fourth-order valence-corrected chi connectivity index (χ4v) is 2.05. The highest BCUT2D eigenvalue weighted by Gasteiger charge is 2.11. The molecule has 0 spiro atoms. The lowest BCUT2D eigenvalue weighted by Gasteiger charge is -2.04. The van der Waals surface area contributed by atoms with Gasteiger partial charge in [0, 0.05) is 12.3 Å². The molecule has 8 heteroatoms. The van der Waals surface area contributed by atoms with Gasteiger partial charge in [-0.25, -0.2) is 4.57 Å². The van der Waals surface area contributed by atoms with E-state index in [1.165, 1.54) is 0 Å². The maximum Gasteiger partial charge on any atom is 0.384 e. The molecule has 0 fully saturated rings. The van der Waals surface area contributed by atoms with E-state index in [2.05, 4.69) is 5.32 Å². The summed E-state index contributed by atoms with van der Waals surface area (Å²) >= 11 is 0.665. The van der Waals surface area contributed by atoms with Crippen molar-refractivity contribution in [3.8, 4) is 0 Å². The summed E-state index contributed by atoms with van der Waals surface area (Å²) in [6.45, 7) is -1.82. The van der Waals surface area contributed by atoms with Crippen molar-refractivity contribution in [2.24, 2.45) is 5.73 Å². The average molecular weight is 232 g/mol. The largest absolute Gasteiger partial charge is 0.412 e. The van der Waals surface area contributed by atoms with Crippen LogP contribution >= 0.6 is 18.2 Å². The molecule has 0 aromatic carbocycles. The summed E-state index contributed by atoms with van der Waals surface area (Å²) in [5.41, 5.74) is 5.24.